The highest BCUT2D eigenvalue weighted by molar-refractivity contribution is 5.33. The monoisotopic (exact) mass is 150 g/mol. The Kier molecular flexibility index (Phi) is 3.48. The van der Waals surface area contributed by atoms with Crippen molar-refractivity contribution < 1.29 is 4.84 Å². The van der Waals surface area contributed by atoms with E-state index < -0.39 is 0 Å². The molecule has 0 aliphatic heterocycles. The Morgan fingerprint density at radius 1 is 1.27 bits per heavy atom. The molecule has 0 spiro atoms. The first-order chi connectivity index (χ1) is 5.43. The second-order valence-corrected chi connectivity index (χ2v) is 2.26. The first-order valence-electron chi connectivity index (χ1n) is 3.81. The predicted octanol–water partition coefficient (Wildman–Crippen LogP) is 2.26. The predicted molar refractivity (Wildman–Crippen MR) is 44.5 cm³/mol. The molecule has 0 heterocycles. The molecule has 0 atom stereocenters. The minimum absolute atomic E-state index is 0.689. The maximum Gasteiger partial charge on any atom is 0.0905 e. The standard InChI is InChI=1S/C9H12NO/c1-2-8-11-10-9-6-4-3-5-7-9/h3-7H,2,8H2,1H3. The zero-order valence-corrected chi connectivity index (χ0v) is 6.66. The zero-order valence-electron chi connectivity index (χ0n) is 6.66. The van der Waals surface area contributed by atoms with Gasteiger partial charge in [-0.25, -0.2) is 0 Å². The smallest absolute Gasteiger partial charge is 0.0905 e. The lowest BCUT2D eigenvalue weighted by molar-refractivity contribution is 0.0688. The molecule has 59 valence electrons. The van der Waals surface area contributed by atoms with E-state index in [-0.39, 0.29) is 0 Å². The Morgan fingerprint density at radius 3 is 2.64 bits per heavy atom. The van der Waals surface area contributed by atoms with Gasteiger partial charge in [-0.05, 0) is 18.6 Å². The molecule has 0 saturated carbocycles. The third kappa shape index (κ3) is 3.05. The molecular formula is C9H12NO. The third-order valence-electron chi connectivity index (χ3n) is 1.22. The van der Waals surface area contributed by atoms with Crippen LogP contribution in [0.1, 0.15) is 13.3 Å². The fourth-order valence-corrected chi connectivity index (χ4v) is 0.700. The number of hydrogen-bond acceptors (Lipinski definition) is 1. The van der Waals surface area contributed by atoms with E-state index in [0.29, 0.717) is 6.61 Å². The summed E-state index contributed by atoms with van der Waals surface area (Å²) in [6.07, 6.45) is 0.996. The summed E-state index contributed by atoms with van der Waals surface area (Å²) in [4.78, 5) is 4.99. The molecule has 11 heavy (non-hydrogen) atoms. The van der Waals surface area contributed by atoms with Crippen LogP contribution in [-0.4, -0.2) is 6.61 Å². The molecule has 2 heteroatoms. The Labute approximate surface area is 67.1 Å². The lowest BCUT2D eigenvalue weighted by Gasteiger charge is -1.99. The van der Waals surface area contributed by atoms with Crippen molar-refractivity contribution in [3.8, 4) is 0 Å². The van der Waals surface area contributed by atoms with Crippen LogP contribution in [0.2, 0.25) is 0 Å². The molecule has 0 bridgehead atoms. The van der Waals surface area contributed by atoms with E-state index in [1.54, 1.807) is 0 Å². The highest BCUT2D eigenvalue weighted by atomic mass is 16.6. The highest BCUT2D eigenvalue weighted by Crippen LogP contribution is 2.04. The van der Waals surface area contributed by atoms with Crippen molar-refractivity contribution in [3.63, 3.8) is 0 Å². The summed E-state index contributed by atoms with van der Waals surface area (Å²) in [5, 5.41) is 0. The molecule has 0 saturated heterocycles. The van der Waals surface area contributed by atoms with E-state index >= 15 is 0 Å². The van der Waals surface area contributed by atoms with Gasteiger partial charge in [0, 0.05) is 0 Å². The van der Waals surface area contributed by atoms with E-state index in [1.165, 1.54) is 0 Å². The minimum atomic E-state index is 0.689. The molecule has 2 nitrogen and oxygen atoms in total. The molecule has 1 rings (SSSR count). The second kappa shape index (κ2) is 4.74. The minimum Gasteiger partial charge on any atom is -0.252 e. The highest BCUT2D eigenvalue weighted by Gasteiger charge is 1.89. The Bertz CT molecular complexity index is 186. The van der Waals surface area contributed by atoms with Gasteiger partial charge in [-0.15, -0.1) is 5.48 Å². The summed E-state index contributed by atoms with van der Waals surface area (Å²) in [6.45, 7) is 2.75. The Morgan fingerprint density at radius 2 is 2.00 bits per heavy atom. The van der Waals surface area contributed by atoms with Gasteiger partial charge in [-0.1, -0.05) is 25.1 Å². The first kappa shape index (κ1) is 8.08. The van der Waals surface area contributed by atoms with E-state index in [2.05, 4.69) is 12.4 Å². The first-order valence-corrected chi connectivity index (χ1v) is 3.81. The SMILES string of the molecule is CCCO[N]c1ccccc1. The normalized spacial score (nSPS) is 9.55. The third-order valence-corrected chi connectivity index (χ3v) is 1.22. The van der Waals surface area contributed by atoms with E-state index in [0.717, 1.165) is 12.1 Å². The fraction of sp³-hybridized carbons (Fsp3) is 0.333. The molecule has 0 unspecified atom stereocenters. The Hall–Kier alpha value is -1.02. The summed E-state index contributed by atoms with van der Waals surface area (Å²) in [5.74, 6) is 0. The number of nitrogens with zero attached hydrogens (tertiary/aromatic N) is 1. The van der Waals surface area contributed by atoms with Gasteiger partial charge in [0.25, 0.3) is 0 Å². The van der Waals surface area contributed by atoms with Gasteiger partial charge in [-0.2, -0.15) is 0 Å². The van der Waals surface area contributed by atoms with Crippen LogP contribution < -0.4 is 5.48 Å². The summed E-state index contributed by atoms with van der Waals surface area (Å²) in [7, 11) is 0. The van der Waals surface area contributed by atoms with E-state index in [4.69, 9.17) is 4.84 Å². The average molecular weight is 150 g/mol. The lowest BCUT2D eigenvalue weighted by Crippen LogP contribution is -1.99. The van der Waals surface area contributed by atoms with Crippen LogP contribution in [0.15, 0.2) is 30.3 Å². The molecule has 1 aromatic carbocycles. The number of hydrogen-bond donors (Lipinski definition) is 0. The second-order valence-electron chi connectivity index (χ2n) is 2.26. The maximum atomic E-state index is 4.99. The van der Waals surface area contributed by atoms with Crippen LogP contribution in [0.25, 0.3) is 0 Å². The lowest BCUT2D eigenvalue weighted by atomic mass is 10.3. The van der Waals surface area contributed by atoms with E-state index in [1.807, 2.05) is 30.3 Å². The van der Waals surface area contributed by atoms with Gasteiger partial charge in [0.1, 0.15) is 0 Å². The van der Waals surface area contributed by atoms with Gasteiger partial charge >= 0.3 is 0 Å². The van der Waals surface area contributed by atoms with Gasteiger partial charge < -0.3 is 0 Å². The van der Waals surface area contributed by atoms with Crippen molar-refractivity contribution in [1.29, 1.82) is 0 Å². The largest absolute Gasteiger partial charge is 0.252 e. The van der Waals surface area contributed by atoms with Gasteiger partial charge in [-0.3, -0.25) is 4.84 Å². The molecule has 0 aliphatic carbocycles. The molecule has 1 aromatic rings. The van der Waals surface area contributed by atoms with Crippen LogP contribution in [0.4, 0.5) is 5.69 Å². The van der Waals surface area contributed by atoms with Gasteiger partial charge in [0.15, 0.2) is 0 Å². The van der Waals surface area contributed by atoms with Crippen molar-refractivity contribution in [3.05, 3.63) is 30.3 Å². The van der Waals surface area contributed by atoms with Crippen LogP contribution in [-0.2, 0) is 4.84 Å². The van der Waals surface area contributed by atoms with E-state index in [9.17, 15) is 0 Å². The molecule has 0 amide bonds. The van der Waals surface area contributed by atoms with Crippen molar-refractivity contribution in [2.45, 2.75) is 13.3 Å². The van der Waals surface area contributed by atoms with Gasteiger partial charge in [0.2, 0.25) is 0 Å². The summed E-state index contributed by atoms with van der Waals surface area (Å²) < 4.78 is 0. The van der Waals surface area contributed by atoms with Crippen LogP contribution >= 0.6 is 0 Å². The molecule has 0 N–H and O–H groups in total. The molecular weight excluding hydrogens is 138 g/mol. The summed E-state index contributed by atoms with van der Waals surface area (Å²) in [5.41, 5.74) is 4.77. The molecule has 1 radical (unpaired) electrons. The topological polar surface area (TPSA) is 23.3 Å². The van der Waals surface area contributed by atoms with Crippen molar-refractivity contribution in [2.75, 3.05) is 6.61 Å². The molecule has 0 aromatic heterocycles. The van der Waals surface area contributed by atoms with Crippen LogP contribution in [0, 0.1) is 0 Å². The van der Waals surface area contributed by atoms with Crippen molar-refractivity contribution in [1.82, 2.24) is 5.48 Å². The van der Waals surface area contributed by atoms with Crippen molar-refractivity contribution in [2.24, 2.45) is 0 Å². The van der Waals surface area contributed by atoms with Crippen LogP contribution in [0.5, 0.6) is 0 Å². The Balaban J connectivity index is 2.28. The van der Waals surface area contributed by atoms with Crippen molar-refractivity contribution >= 4 is 5.69 Å². The summed E-state index contributed by atoms with van der Waals surface area (Å²) in [6, 6.07) is 9.66. The zero-order chi connectivity index (χ0) is 7.94. The molecule has 0 aliphatic rings. The number of rotatable bonds is 4. The van der Waals surface area contributed by atoms with Gasteiger partial charge in [0.05, 0.1) is 12.3 Å². The maximum absolute atomic E-state index is 4.99. The van der Waals surface area contributed by atoms with Crippen LogP contribution in [0.3, 0.4) is 0 Å². The summed E-state index contributed by atoms with van der Waals surface area (Å²) >= 11 is 0. The fourth-order valence-electron chi connectivity index (χ4n) is 0.700. The quantitative estimate of drug-likeness (QED) is 0.477. The average Bonchev–Trinajstić information content (AvgIpc) is 2.07. The number of benzene rings is 1. The molecule has 0 fully saturated rings.